The van der Waals surface area contributed by atoms with Crippen LogP contribution in [-0.2, 0) is 0 Å². The van der Waals surface area contributed by atoms with E-state index in [1.54, 1.807) is 0 Å². The molecule has 5 aromatic rings. The third kappa shape index (κ3) is 2.98. The number of nitrogens with zero attached hydrogens (tertiary/aromatic N) is 2. The van der Waals surface area contributed by atoms with Crippen molar-refractivity contribution in [1.29, 1.82) is 0 Å². The molecule has 0 fully saturated rings. The Morgan fingerprint density at radius 3 is 1.30 bits per heavy atom. The van der Waals surface area contributed by atoms with Crippen LogP contribution in [0.2, 0.25) is 0 Å². The highest BCUT2D eigenvalue weighted by atomic mass is 32.1. The number of thiophene rings is 2. The highest BCUT2D eigenvalue weighted by Crippen LogP contribution is 2.48. The summed E-state index contributed by atoms with van der Waals surface area (Å²) in [5, 5.41) is 2.39. The van der Waals surface area contributed by atoms with Crippen LogP contribution in [0, 0.1) is 41.5 Å². The monoisotopic (exact) mass is 428 g/mol. The summed E-state index contributed by atoms with van der Waals surface area (Å²) >= 11 is 3.73. The quantitative estimate of drug-likeness (QED) is 0.265. The van der Waals surface area contributed by atoms with E-state index < -0.39 is 0 Å². The molecule has 150 valence electrons. The lowest BCUT2D eigenvalue weighted by molar-refractivity contribution is 1.30. The number of hydrogen-bond acceptors (Lipinski definition) is 4. The molecule has 0 saturated carbocycles. The van der Waals surface area contributed by atoms with Gasteiger partial charge in [0, 0.05) is 53.8 Å². The molecule has 0 radical (unpaired) electrons. The molecule has 0 unspecified atom stereocenters. The van der Waals surface area contributed by atoms with Gasteiger partial charge in [0.25, 0.3) is 0 Å². The van der Waals surface area contributed by atoms with Crippen LogP contribution in [0.25, 0.3) is 44.1 Å². The predicted octanol–water partition coefficient (Wildman–Crippen LogP) is 8.09. The highest BCUT2D eigenvalue weighted by Gasteiger charge is 2.23. The number of rotatable bonds is 2. The summed E-state index contributed by atoms with van der Waals surface area (Å²) in [7, 11) is 0. The molecule has 4 heterocycles. The molecule has 30 heavy (non-hydrogen) atoms. The summed E-state index contributed by atoms with van der Waals surface area (Å²) in [5.41, 5.74) is 9.54. The topological polar surface area (TPSA) is 25.8 Å². The minimum Gasteiger partial charge on any atom is -0.254 e. The molecule has 0 atom stereocenters. The number of aryl methyl sites for hydroxylation is 6. The van der Waals surface area contributed by atoms with E-state index in [-0.39, 0.29) is 0 Å². The van der Waals surface area contributed by atoms with Crippen molar-refractivity contribution in [2.45, 2.75) is 41.5 Å². The zero-order valence-electron chi connectivity index (χ0n) is 18.2. The van der Waals surface area contributed by atoms with Crippen LogP contribution >= 0.6 is 22.7 Å². The Morgan fingerprint density at radius 1 is 0.567 bits per heavy atom. The van der Waals surface area contributed by atoms with Crippen LogP contribution in [0.15, 0.2) is 36.7 Å². The lowest BCUT2D eigenvalue weighted by atomic mass is 9.87. The lowest BCUT2D eigenvalue weighted by Gasteiger charge is -2.18. The van der Waals surface area contributed by atoms with Gasteiger partial charge in [-0.3, -0.25) is 9.97 Å². The summed E-state index contributed by atoms with van der Waals surface area (Å²) in [6.07, 6.45) is 3.91. The molecule has 5 rings (SSSR count). The van der Waals surface area contributed by atoms with Gasteiger partial charge < -0.3 is 0 Å². The molecule has 0 aliphatic rings. The third-order valence-corrected chi connectivity index (χ3v) is 7.61. The van der Waals surface area contributed by atoms with Crippen molar-refractivity contribution >= 4 is 44.5 Å². The molecule has 4 aromatic heterocycles. The van der Waals surface area contributed by atoms with E-state index in [2.05, 4.69) is 65.8 Å². The molecule has 0 bridgehead atoms. The van der Waals surface area contributed by atoms with Gasteiger partial charge in [0.1, 0.15) is 0 Å². The van der Waals surface area contributed by atoms with Gasteiger partial charge in [-0.1, -0.05) is 0 Å². The Hall–Kier alpha value is -2.56. The van der Waals surface area contributed by atoms with Crippen LogP contribution in [0.1, 0.15) is 30.6 Å². The van der Waals surface area contributed by atoms with Gasteiger partial charge in [-0.15, -0.1) is 22.7 Å². The van der Waals surface area contributed by atoms with Crippen molar-refractivity contribution in [2.75, 3.05) is 0 Å². The number of aromatic nitrogens is 2. The molecule has 0 aliphatic carbocycles. The maximum atomic E-state index is 4.87. The molecule has 4 heteroatoms. The first-order valence-electron chi connectivity index (χ1n) is 10.2. The second-order valence-corrected chi connectivity index (χ2v) is 11.1. The van der Waals surface area contributed by atoms with Crippen LogP contribution in [0.5, 0.6) is 0 Å². The van der Waals surface area contributed by atoms with E-state index in [0.29, 0.717) is 0 Å². The number of fused-ring (bicyclic) bond motifs is 3. The minimum absolute atomic E-state index is 0.988. The molecule has 0 spiro atoms. The first-order chi connectivity index (χ1) is 14.3. The maximum absolute atomic E-state index is 4.87. The van der Waals surface area contributed by atoms with E-state index >= 15 is 0 Å². The fourth-order valence-corrected chi connectivity index (χ4v) is 6.35. The standard InChI is InChI=1S/C26H24N2S2/c1-13-7-21-23(19-9-15(3)29-17(19)5)24(20-10-16(4)30-18(20)6)22-8-14(2)12-28-26(22)25(21)27-11-13/h7-12H,1-6H3. The molecule has 0 N–H and O–H groups in total. The van der Waals surface area contributed by atoms with Crippen LogP contribution in [0.4, 0.5) is 0 Å². The maximum Gasteiger partial charge on any atom is 0.0971 e. The molecular formula is C26H24N2S2. The van der Waals surface area contributed by atoms with E-state index in [0.717, 1.165) is 11.0 Å². The lowest BCUT2D eigenvalue weighted by Crippen LogP contribution is -1.96. The minimum atomic E-state index is 0.988. The highest BCUT2D eigenvalue weighted by molar-refractivity contribution is 7.12. The Kier molecular flexibility index (Phi) is 4.53. The summed E-state index contributed by atoms with van der Waals surface area (Å²) in [6.45, 7) is 13.1. The molecule has 1 aromatic carbocycles. The molecule has 0 amide bonds. The van der Waals surface area contributed by atoms with Crippen molar-refractivity contribution in [3.8, 4) is 22.3 Å². The smallest absolute Gasteiger partial charge is 0.0971 e. The van der Waals surface area contributed by atoms with Gasteiger partial charge in [-0.05, 0) is 88.1 Å². The molecule has 2 nitrogen and oxygen atoms in total. The summed E-state index contributed by atoms with van der Waals surface area (Å²) < 4.78 is 0. The van der Waals surface area contributed by atoms with Crippen LogP contribution in [-0.4, -0.2) is 9.97 Å². The van der Waals surface area contributed by atoms with Crippen molar-refractivity contribution in [2.24, 2.45) is 0 Å². The Balaban J connectivity index is 2.10. The molecule has 0 saturated heterocycles. The summed E-state index contributed by atoms with van der Waals surface area (Å²) in [5.74, 6) is 0. The van der Waals surface area contributed by atoms with E-state index in [1.807, 2.05) is 35.1 Å². The zero-order valence-corrected chi connectivity index (χ0v) is 19.8. The second-order valence-electron chi connectivity index (χ2n) is 8.22. The number of benzene rings is 1. The zero-order chi connectivity index (χ0) is 21.2. The van der Waals surface area contributed by atoms with Gasteiger partial charge in [-0.2, -0.15) is 0 Å². The molecular weight excluding hydrogens is 404 g/mol. The van der Waals surface area contributed by atoms with Crippen LogP contribution in [0.3, 0.4) is 0 Å². The van der Waals surface area contributed by atoms with Gasteiger partial charge >= 0.3 is 0 Å². The van der Waals surface area contributed by atoms with Crippen molar-refractivity contribution in [3.63, 3.8) is 0 Å². The van der Waals surface area contributed by atoms with Crippen molar-refractivity contribution < 1.29 is 0 Å². The first kappa shape index (κ1) is 19.4. The van der Waals surface area contributed by atoms with Crippen molar-refractivity contribution in [3.05, 3.63) is 67.3 Å². The number of pyridine rings is 2. The number of hydrogen-bond donors (Lipinski definition) is 0. The average Bonchev–Trinajstić information content (AvgIpc) is 3.19. The Bertz CT molecular complexity index is 1340. The Morgan fingerprint density at radius 2 is 0.967 bits per heavy atom. The van der Waals surface area contributed by atoms with Gasteiger partial charge in [0.15, 0.2) is 0 Å². The van der Waals surface area contributed by atoms with Crippen LogP contribution < -0.4 is 0 Å². The van der Waals surface area contributed by atoms with E-state index in [9.17, 15) is 0 Å². The fourth-order valence-electron chi connectivity index (χ4n) is 4.48. The fraction of sp³-hybridized carbons (Fsp3) is 0.231. The predicted molar refractivity (Wildman–Crippen MR) is 132 cm³/mol. The van der Waals surface area contributed by atoms with E-state index in [4.69, 9.17) is 9.97 Å². The first-order valence-corrected chi connectivity index (χ1v) is 11.8. The van der Waals surface area contributed by atoms with Gasteiger partial charge in [0.2, 0.25) is 0 Å². The molecule has 0 aliphatic heterocycles. The normalized spacial score (nSPS) is 11.7. The van der Waals surface area contributed by atoms with Gasteiger partial charge in [-0.25, -0.2) is 0 Å². The largest absolute Gasteiger partial charge is 0.254 e. The van der Waals surface area contributed by atoms with Crippen molar-refractivity contribution in [1.82, 2.24) is 9.97 Å². The summed E-state index contributed by atoms with van der Waals surface area (Å²) in [6, 6.07) is 9.24. The summed E-state index contributed by atoms with van der Waals surface area (Å²) in [4.78, 5) is 15.1. The second kappa shape index (κ2) is 7.00. The third-order valence-electron chi connectivity index (χ3n) is 5.68. The van der Waals surface area contributed by atoms with E-state index in [1.165, 1.54) is 63.7 Å². The average molecular weight is 429 g/mol. The SMILES string of the molecule is Cc1cnc2c(c1)c(-c1cc(C)sc1C)c(-c1cc(C)sc1C)c1cc(C)cnc12. The van der Waals surface area contributed by atoms with Gasteiger partial charge in [0.05, 0.1) is 11.0 Å². The Labute approximate surface area is 185 Å².